The SMILES string of the molecule is S=C1C2=C(c3ccccc3)N(c3ccccn3)C(=S)C2=C(c2ccccc2)N1c1ccccc1. The van der Waals surface area contributed by atoms with Crippen molar-refractivity contribution in [1.82, 2.24) is 4.98 Å². The van der Waals surface area contributed by atoms with Gasteiger partial charge in [-0.2, -0.15) is 0 Å². The molecule has 2 aliphatic heterocycles. The van der Waals surface area contributed by atoms with E-state index < -0.39 is 0 Å². The summed E-state index contributed by atoms with van der Waals surface area (Å²) in [6.07, 6.45) is 1.79. The molecule has 3 heterocycles. The van der Waals surface area contributed by atoms with Crippen LogP contribution >= 0.6 is 24.4 Å². The number of benzene rings is 3. The molecule has 0 fully saturated rings. The van der Waals surface area contributed by atoms with Gasteiger partial charge in [0.05, 0.1) is 11.4 Å². The first-order valence-electron chi connectivity index (χ1n) is 11.0. The van der Waals surface area contributed by atoms with Crippen LogP contribution in [0.3, 0.4) is 0 Å². The van der Waals surface area contributed by atoms with Crippen LogP contribution in [0.15, 0.2) is 127 Å². The normalized spacial score (nSPS) is 15.4. The first kappa shape index (κ1) is 20.7. The van der Waals surface area contributed by atoms with Crippen molar-refractivity contribution in [2.24, 2.45) is 0 Å². The number of nitrogens with zero attached hydrogens (tertiary/aromatic N) is 3. The molecule has 0 amide bonds. The summed E-state index contributed by atoms with van der Waals surface area (Å²) in [7, 11) is 0. The number of hydrogen-bond acceptors (Lipinski definition) is 3. The number of anilines is 2. The number of fused-ring (bicyclic) bond motifs is 1. The Morgan fingerprint density at radius 3 is 1.50 bits per heavy atom. The van der Waals surface area contributed by atoms with E-state index in [1.54, 1.807) is 6.20 Å². The highest BCUT2D eigenvalue weighted by Gasteiger charge is 2.46. The molecule has 0 N–H and O–H groups in total. The lowest BCUT2D eigenvalue weighted by Gasteiger charge is -2.27. The van der Waals surface area contributed by atoms with Crippen LogP contribution in [-0.2, 0) is 0 Å². The molecule has 3 nitrogen and oxygen atoms in total. The van der Waals surface area contributed by atoms with Crippen LogP contribution in [0.1, 0.15) is 11.1 Å². The second-order valence-electron chi connectivity index (χ2n) is 7.98. The summed E-state index contributed by atoms with van der Waals surface area (Å²) in [5.41, 5.74) is 7.04. The van der Waals surface area contributed by atoms with Crippen molar-refractivity contribution in [3.63, 3.8) is 0 Å². The molecule has 0 radical (unpaired) electrons. The summed E-state index contributed by atoms with van der Waals surface area (Å²) in [6.45, 7) is 0. The Morgan fingerprint density at radius 1 is 0.500 bits per heavy atom. The van der Waals surface area contributed by atoms with Crippen LogP contribution in [0, 0.1) is 0 Å². The van der Waals surface area contributed by atoms with E-state index in [1.165, 1.54) is 0 Å². The third-order valence-corrected chi connectivity index (χ3v) is 6.77. The van der Waals surface area contributed by atoms with E-state index in [0.29, 0.717) is 4.99 Å². The van der Waals surface area contributed by atoms with E-state index in [0.717, 1.165) is 50.2 Å². The fraction of sp³-hybridized carbons (Fsp3) is 0. The molecule has 4 aromatic rings. The van der Waals surface area contributed by atoms with Crippen molar-refractivity contribution in [2.75, 3.05) is 9.80 Å². The lowest BCUT2D eigenvalue weighted by atomic mass is 10.0. The molecular weight excluding hydrogens is 454 g/mol. The van der Waals surface area contributed by atoms with Crippen molar-refractivity contribution in [2.45, 2.75) is 0 Å². The topological polar surface area (TPSA) is 19.4 Å². The van der Waals surface area contributed by atoms with Gasteiger partial charge in [0.2, 0.25) is 0 Å². The molecule has 5 heteroatoms. The van der Waals surface area contributed by atoms with Gasteiger partial charge in [0.15, 0.2) is 0 Å². The second-order valence-corrected chi connectivity index (χ2v) is 8.76. The molecule has 0 unspecified atom stereocenters. The van der Waals surface area contributed by atoms with Gasteiger partial charge in [-0.15, -0.1) is 0 Å². The van der Waals surface area contributed by atoms with Gasteiger partial charge in [-0.05, 0) is 35.4 Å². The summed E-state index contributed by atoms with van der Waals surface area (Å²) in [4.78, 5) is 10.3. The zero-order valence-electron chi connectivity index (χ0n) is 18.1. The lowest BCUT2D eigenvalue weighted by Crippen LogP contribution is -2.28. The Bertz CT molecular complexity index is 1350. The largest absolute Gasteiger partial charge is 0.299 e. The zero-order valence-corrected chi connectivity index (χ0v) is 19.8. The Morgan fingerprint density at radius 2 is 0.971 bits per heavy atom. The van der Waals surface area contributed by atoms with E-state index >= 15 is 0 Å². The van der Waals surface area contributed by atoms with Crippen LogP contribution in [-0.4, -0.2) is 15.0 Å². The van der Waals surface area contributed by atoms with Crippen LogP contribution in [0.2, 0.25) is 0 Å². The fourth-order valence-corrected chi connectivity index (χ4v) is 5.35. The number of aromatic nitrogens is 1. The molecule has 0 bridgehead atoms. The monoisotopic (exact) mass is 473 g/mol. The van der Waals surface area contributed by atoms with Gasteiger partial charge in [-0.25, -0.2) is 4.98 Å². The molecule has 1 aromatic heterocycles. The summed E-state index contributed by atoms with van der Waals surface area (Å²) in [6, 6.07) is 36.7. The summed E-state index contributed by atoms with van der Waals surface area (Å²) in [5.74, 6) is 0.780. The minimum absolute atomic E-state index is 0.701. The predicted molar refractivity (Wildman–Crippen MR) is 148 cm³/mol. The molecule has 0 saturated carbocycles. The summed E-state index contributed by atoms with van der Waals surface area (Å²) >= 11 is 12.4. The first-order valence-corrected chi connectivity index (χ1v) is 11.8. The quantitative estimate of drug-likeness (QED) is 0.299. The average Bonchev–Trinajstić information content (AvgIpc) is 3.38. The fourth-order valence-electron chi connectivity index (χ4n) is 4.57. The van der Waals surface area contributed by atoms with Crippen molar-refractivity contribution in [3.8, 4) is 0 Å². The number of hydrogen-bond donors (Lipinski definition) is 0. The second kappa shape index (κ2) is 8.45. The van der Waals surface area contributed by atoms with Crippen molar-refractivity contribution < 1.29 is 0 Å². The van der Waals surface area contributed by atoms with Gasteiger partial charge in [0.1, 0.15) is 15.8 Å². The minimum Gasteiger partial charge on any atom is -0.299 e. The predicted octanol–water partition coefficient (Wildman–Crippen LogP) is 6.90. The third-order valence-electron chi connectivity index (χ3n) is 5.99. The highest BCUT2D eigenvalue weighted by molar-refractivity contribution is 7.82. The Balaban J connectivity index is 1.68. The molecule has 162 valence electrons. The van der Waals surface area contributed by atoms with Crippen LogP contribution in [0.5, 0.6) is 0 Å². The molecule has 0 atom stereocenters. The van der Waals surface area contributed by atoms with Gasteiger partial charge in [0.25, 0.3) is 0 Å². The van der Waals surface area contributed by atoms with Gasteiger partial charge in [0, 0.05) is 23.0 Å². The standard InChI is InChI=1S/C29H19N3S2/c33-28-25-24(26(20-12-4-1-5-13-20)31(28)22-16-8-3-9-17-22)29(34)32(23-18-10-11-19-30-23)27(25)21-14-6-2-7-15-21/h1-19H. The van der Waals surface area contributed by atoms with E-state index in [2.05, 4.69) is 51.2 Å². The van der Waals surface area contributed by atoms with Gasteiger partial charge < -0.3 is 0 Å². The average molecular weight is 474 g/mol. The molecule has 3 aromatic carbocycles. The number of pyridine rings is 1. The first-order chi connectivity index (χ1) is 16.8. The maximum atomic E-state index is 6.19. The highest BCUT2D eigenvalue weighted by Crippen LogP contribution is 2.49. The van der Waals surface area contributed by atoms with Crippen LogP contribution in [0.4, 0.5) is 11.5 Å². The molecule has 2 aliphatic rings. The van der Waals surface area contributed by atoms with Crippen LogP contribution < -0.4 is 9.80 Å². The molecule has 0 saturated heterocycles. The molecule has 0 spiro atoms. The summed E-state index contributed by atoms with van der Waals surface area (Å²) in [5, 5.41) is 0. The van der Waals surface area contributed by atoms with Gasteiger partial charge in [-0.3, -0.25) is 9.80 Å². The number of rotatable bonds is 4. The smallest absolute Gasteiger partial charge is 0.138 e. The maximum absolute atomic E-state index is 6.19. The minimum atomic E-state index is 0.701. The van der Waals surface area contributed by atoms with Crippen molar-refractivity contribution >= 4 is 57.3 Å². The van der Waals surface area contributed by atoms with E-state index in [9.17, 15) is 0 Å². The Kier molecular flexibility index (Phi) is 5.13. The molecule has 6 rings (SSSR count). The number of thiocarbonyl (C=S) groups is 2. The Hall–Kier alpha value is -3.93. The third kappa shape index (κ3) is 3.21. The molecule has 0 aliphatic carbocycles. The number of para-hydroxylation sites is 1. The Labute approximate surface area is 209 Å². The summed E-state index contributed by atoms with van der Waals surface area (Å²) < 4.78 is 0. The highest BCUT2D eigenvalue weighted by atomic mass is 32.1. The van der Waals surface area contributed by atoms with E-state index in [4.69, 9.17) is 24.4 Å². The van der Waals surface area contributed by atoms with E-state index in [-0.39, 0.29) is 0 Å². The van der Waals surface area contributed by atoms with E-state index in [1.807, 2.05) is 72.8 Å². The zero-order chi connectivity index (χ0) is 23.1. The molecule has 34 heavy (non-hydrogen) atoms. The molecular formula is C29H19N3S2. The van der Waals surface area contributed by atoms with Gasteiger partial charge >= 0.3 is 0 Å². The lowest BCUT2D eigenvalue weighted by molar-refractivity contribution is 1.24. The van der Waals surface area contributed by atoms with Crippen molar-refractivity contribution in [1.29, 1.82) is 0 Å². The van der Waals surface area contributed by atoms with Gasteiger partial charge in [-0.1, -0.05) is 109 Å². The van der Waals surface area contributed by atoms with Crippen molar-refractivity contribution in [3.05, 3.63) is 138 Å². The van der Waals surface area contributed by atoms with Crippen LogP contribution in [0.25, 0.3) is 11.4 Å². The maximum Gasteiger partial charge on any atom is 0.138 e.